The summed E-state index contributed by atoms with van der Waals surface area (Å²) in [6.45, 7) is 5.63. The number of carbonyl (C=O) groups excluding carboxylic acids is 1. The van der Waals surface area contributed by atoms with Gasteiger partial charge in [-0.15, -0.1) is 11.6 Å². The lowest BCUT2D eigenvalue weighted by Crippen LogP contribution is -1.88. The predicted molar refractivity (Wildman–Crippen MR) is 51.2 cm³/mol. The standard InChI is InChI=1S/C7H13ClO.C2H6/c1-7(9)5-3-2-4-6-8;1-2/h2-6H2,1H3;1-2H3. The fourth-order valence-electron chi connectivity index (χ4n) is 0.645. The van der Waals surface area contributed by atoms with E-state index in [1.165, 1.54) is 0 Å². The van der Waals surface area contributed by atoms with Crippen LogP contribution in [0.25, 0.3) is 0 Å². The average molecular weight is 179 g/mol. The maximum atomic E-state index is 10.4. The minimum Gasteiger partial charge on any atom is -0.300 e. The fourth-order valence-corrected chi connectivity index (χ4v) is 0.834. The van der Waals surface area contributed by atoms with Crippen molar-refractivity contribution in [3.63, 3.8) is 0 Å². The maximum Gasteiger partial charge on any atom is 0.129 e. The summed E-state index contributed by atoms with van der Waals surface area (Å²) >= 11 is 5.43. The van der Waals surface area contributed by atoms with Crippen LogP contribution in [0.1, 0.15) is 46.5 Å². The Morgan fingerprint density at radius 1 is 1.18 bits per heavy atom. The van der Waals surface area contributed by atoms with Crippen molar-refractivity contribution in [1.82, 2.24) is 0 Å². The Bertz CT molecular complexity index is 81.6. The molecule has 0 aromatic carbocycles. The van der Waals surface area contributed by atoms with Crippen molar-refractivity contribution >= 4 is 17.4 Å². The van der Waals surface area contributed by atoms with Crippen molar-refractivity contribution in [2.75, 3.05) is 5.88 Å². The molecule has 0 saturated heterocycles. The van der Waals surface area contributed by atoms with Crippen molar-refractivity contribution in [3.05, 3.63) is 0 Å². The van der Waals surface area contributed by atoms with Gasteiger partial charge in [-0.25, -0.2) is 0 Å². The molecule has 0 N–H and O–H groups in total. The van der Waals surface area contributed by atoms with E-state index in [0.717, 1.165) is 31.6 Å². The van der Waals surface area contributed by atoms with Crippen molar-refractivity contribution in [2.45, 2.75) is 46.5 Å². The summed E-state index contributed by atoms with van der Waals surface area (Å²) in [4.78, 5) is 10.4. The molecular weight excluding hydrogens is 160 g/mol. The summed E-state index contributed by atoms with van der Waals surface area (Å²) < 4.78 is 0. The summed E-state index contributed by atoms with van der Waals surface area (Å²) in [5, 5.41) is 0. The highest BCUT2D eigenvalue weighted by atomic mass is 35.5. The molecule has 0 bridgehead atoms. The lowest BCUT2D eigenvalue weighted by Gasteiger charge is -1.92. The number of hydrogen-bond acceptors (Lipinski definition) is 1. The first-order valence-electron chi connectivity index (χ1n) is 4.32. The Kier molecular flexibility index (Phi) is 15.5. The van der Waals surface area contributed by atoms with E-state index >= 15 is 0 Å². The zero-order valence-corrected chi connectivity index (χ0v) is 8.58. The molecule has 0 radical (unpaired) electrons. The van der Waals surface area contributed by atoms with Crippen LogP contribution in [0.2, 0.25) is 0 Å². The molecule has 0 amide bonds. The molecule has 1 nitrogen and oxygen atoms in total. The Hall–Kier alpha value is -0.0400. The van der Waals surface area contributed by atoms with E-state index in [9.17, 15) is 4.79 Å². The van der Waals surface area contributed by atoms with Gasteiger partial charge in [-0.3, -0.25) is 0 Å². The van der Waals surface area contributed by atoms with Crippen LogP contribution in [-0.4, -0.2) is 11.7 Å². The molecule has 0 rings (SSSR count). The molecule has 11 heavy (non-hydrogen) atoms. The Balaban J connectivity index is 0. The molecule has 0 atom stereocenters. The third-order valence-corrected chi connectivity index (χ3v) is 1.43. The molecule has 0 unspecified atom stereocenters. The minimum absolute atomic E-state index is 0.282. The molecule has 0 aromatic rings. The molecule has 0 aromatic heterocycles. The van der Waals surface area contributed by atoms with Crippen LogP contribution < -0.4 is 0 Å². The smallest absolute Gasteiger partial charge is 0.129 e. The zero-order chi connectivity index (χ0) is 9.11. The van der Waals surface area contributed by atoms with Gasteiger partial charge in [-0.05, 0) is 19.8 Å². The van der Waals surface area contributed by atoms with E-state index in [-0.39, 0.29) is 5.78 Å². The lowest BCUT2D eigenvalue weighted by molar-refractivity contribution is -0.117. The highest BCUT2D eigenvalue weighted by molar-refractivity contribution is 6.17. The number of ketones is 1. The van der Waals surface area contributed by atoms with Crippen LogP contribution in [0.3, 0.4) is 0 Å². The van der Waals surface area contributed by atoms with Gasteiger partial charge in [0, 0.05) is 12.3 Å². The number of carbonyl (C=O) groups is 1. The molecule has 68 valence electrons. The largest absolute Gasteiger partial charge is 0.300 e. The minimum atomic E-state index is 0.282. The summed E-state index contributed by atoms with van der Waals surface area (Å²) in [7, 11) is 0. The van der Waals surface area contributed by atoms with Crippen molar-refractivity contribution in [1.29, 1.82) is 0 Å². The van der Waals surface area contributed by atoms with E-state index in [1.807, 2.05) is 13.8 Å². The lowest BCUT2D eigenvalue weighted by atomic mass is 10.2. The molecule has 0 spiro atoms. The molecule has 0 heterocycles. The third-order valence-electron chi connectivity index (χ3n) is 1.16. The molecule has 0 aliphatic carbocycles. The second kappa shape index (κ2) is 12.6. The first kappa shape index (κ1) is 13.5. The van der Waals surface area contributed by atoms with Gasteiger partial charge in [0.15, 0.2) is 0 Å². The van der Waals surface area contributed by atoms with Gasteiger partial charge in [0.1, 0.15) is 5.78 Å². The van der Waals surface area contributed by atoms with Crippen LogP contribution in [-0.2, 0) is 4.79 Å². The maximum absolute atomic E-state index is 10.4. The average Bonchev–Trinajstić information content (AvgIpc) is 2.02. The van der Waals surface area contributed by atoms with E-state index < -0.39 is 0 Å². The van der Waals surface area contributed by atoms with Crippen molar-refractivity contribution < 1.29 is 4.79 Å². The Morgan fingerprint density at radius 3 is 2.09 bits per heavy atom. The first-order chi connectivity index (χ1) is 5.27. The molecule has 0 saturated carbocycles. The molecule has 2 heteroatoms. The van der Waals surface area contributed by atoms with Gasteiger partial charge in [-0.1, -0.05) is 20.3 Å². The van der Waals surface area contributed by atoms with Gasteiger partial charge < -0.3 is 4.79 Å². The summed E-state index contributed by atoms with van der Waals surface area (Å²) in [6, 6.07) is 0. The van der Waals surface area contributed by atoms with Gasteiger partial charge in [0.2, 0.25) is 0 Å². The van der Waals surface area contributed by atoms with E-state index in [4.69, 9.17) is 11.6 Å². The number of alkyl halides is 1. The number of unbranched alkanes of at least 4 members (excludes halogenated alkanes) is 2. The van der Waals surface area contributed by atoms with Crippen molar-refractivity contribution in [3.8, 4) is 0 Å². The number of Topliss-reactive ketones (excluding diaryl/α,β-unsaturated/α-hetero) is 1. The van der Waals surface area contributed by atoms with Crippen LogP contribution >= 0.6 is 11.6 Å². The van der Waals surface area contributed by atoms with Gasteiger partial charge >= 0.3 is 0 Å². The second-order valence-corrected chi connectivity index (χ2v) is 2.58. The van der Waals surface area contributed by atoms with Gasteiger partial charge in [0.05, 0.1) is 0 Å². The first-order valence-corrected chi connectivity index (χ1v) is 4.86. The second-order valence-electron chi connectivity index (χ2n) is 2.20. The Morgan fingerprint density at radius 2 is 1.73 bits per heavy atom. The molecule has 0 aliphatic rings. The van der Waals surface area contributed by atoms with E-state index in [0.29, 0.717) is 0 Å². The van der Waals surface area contributed by atoms with Crippen LogP contribution in [0.5, 0.6) is 0 Å². The van der Waals surface area contributed by atoms with E-state index in [1.54, 1.807) is 6.92 Å². The SMILES string of the molecule is CC.CC(=O)CCCCCCl. The quantitative estimate of drug-likeness (QED) is 0.466. The van der Waals surface area contributed by atoms with Crippen LogP contribution in [0, 0.1) is 0 Å². The van der Waals surface area contributed by atoms with E-state index in [2.05, 4.69) is 0 Å². The third kappa shape index (κ3) is 17.8. The van der Waals surface area contributed by atoms with Crippen LogP contribution in [0.15, 0.2) is 0 Å². The van der Waals surface area contributed by atoms with Gasteiger partial charge in [0.25, 0.3) is 0 Å². The van der Waals surface area contributed by atoms with Gasteiger partial charge in [-0.2, -0.15) is 0 Å². The summed E-state index contributed by atoms with van der Waals surface area (Å²) in [6.07, 6.45) is 3.84. The summed E-state index contributed by atoms with van der Waals surface area (Å²) in [5.74, 6) is 1.00. The fraction of sp³-hybridized carbons (Fsp3) is 0.889. The number of hydrogen-bond donors (Lipinski definition) is 0. The topological polar surface area (TPSA) is 17.1 Å². The molecule has 0 fully saturated rings. The predicted octanol–water partition coefficient (Wildman–Crippen LogP) is 3.40. The van der Waals surface area contributed by atoms with Crippen LogP contribution in [0.4, 0.5) is 0 Å². The highest BCUT2D eigenvalue weighted by Crippen LogP contribution is 2.00. The van der Waals surface area contributed by atoms with Crippen molar-refractivity contribution in [2.24, 2.45) is 0 Å². The molecule has 0 aliphatic heterocycles. The number of rotatable bonds is 5. The Labute approximate surface area is 75.1 Å². The highest BCUT2D eigenvalue weighted by Gasteiger charge is 1.91. The summed E-state index contributed by atoms with van der Waals surface area (Å²) in [5.41, 5.74) is 0. The monoisotopic (exact) mass is 178 g/mol. The molecular formula is C9H19ClO. The zero-order valence-electron chi connectivity index (χ0n) is 7.82. The normalized spacial score (nSPS) is 8.36. The number of halogens is 1.